The largest absolute Gasteiger partial charge is 0.369 e. The summed E-state index contributed by atoms with van der Waals surface area (Å²) < 4.78 is 0. The predicted molar refractivity (Wildman–Crippen MR) is 46.8 cm³/mol. The van der Waals surface area contributed by atoms with Gasteiger partial charge in [0.2, 0.25) is 12.3 Å². The van der Waals surface area contributed by atoms with Crippen LogP contribution in [0.3, 0.4) is 0 Å². The van der Waals surface area contributed by atoms with Crippen LogP contribution in [-0.2, 0) is 9.59 Å². The van der Waals surface area contributed by atoms with Crippen LogP contribution in [0.4, 0.5) is 0 Å². The molecule has 76 valence electrons. The molecule has 0 aliphatic carbocycles. The number of nitrogens with zero attached hydrogens (tertiary/aromatic N) is 1. The Labute approximate surface area is 77.5 Å². The first kappa shape index (κ1) is 11.9. The zero-order valence-corrected chi connectivity index (χ0v) is 7.77. The van der Waals surface area contributed by atoms with Crippen molar-refractivity contribution < 1.29 is 14.8 Å². The maximum Gasteiger partial charge on any atom is 0.233 e. The second-order valence-electron chi connectivity index (χ2n) is 2.97. The molecular formula is C8H16N2O3. The molecule has 0 saturated carbocycles. The summed E-state index contributed by atoms with van der Waals surface area (Å²) >= 11 is 0. The fraction of sp³-hybridized carbons (Fsp3) is 0.750. The molecule has 0 aromatic heterocycles. The number of carbonyl (C=O) groups is 2. The molecule has 0 aromatic rings. The summed E-state index contributed by atoms with van der Waals surface area (Å²) in [5, 5.41) is 9.28. The summed E-state index contributed by atoms with van der Waals surface area (Å²) in [5.41, 5.74) is 5.09. The van der Waals surface area contributed by atoms with Gasteiger partial charge in [-0.3, -0.25) is 14.8 Å². The quantitative estimate of drug-likeness (QED) is 0.338. The molecule has 0 aliphatic heterocycles. The highest BCUT2D eigenvalue weighted by Crippen LogP contribution is 2.08. The molecule has 0 fully saturated rings. The monoisotopic (exact) mass is 188 g/mol. The fourth-order valence-electron chi connectivity index (χ4n) is 1.04. The minimum atomic E-state index is -0.477. The predicted octanol–water partition coefficient (Wildman–Crippen LogP) is 0.126. The smallest absolute Gasteiger partial charge is 0.233 e. The third kappa shape index (κ3) is 5.19. The normalized spacial score (nSPS) is 12.2. The molecule has 5 heteroatoms. The lowest BCUT2D eigenvalue weighted by molar-refractivity contribution is -0.154. The Bertz CT molecular complexity index is 173. The van der Waals surface area contributed by atoms with Crippen LogP contribution in [0.1, 0.15) is 26.2 Å². The third-order valence-corrected chi connectivity index (χ3v) is 1.84. The van der Waals surface area contributed by atoms with Gasteiger partial charge in [-0.25, -0.2) is 5.06 Å². The molecule has 5 nitrogen and oxygen atoms in total. The van der Waals surface area contributed by atoms with E-state index in [2.05, 4.69) is 0 Å². The van der Waals surface area contributed by atoms with E-state index in [0.29, 0.717) is 11.5 Å². The SMILES string of the molecule is CCCCC(CN(O)C=O)C(N)=O. The summed E-state index contributed by atoms with van der Waals surface area (Å²) in [5.74, 6) is -0.926. The Hall–Kier alpha value is -1.10. The maximum atomic E-state index is 10.8. The number of amides is 2. The van der Waals surface area contributed by atoms with Gasteiger partial charge in [-0.05, 0) is 6.42 Å². The van der Waals surface area contributed by atoms with E-state index in [-0.39, 0.29) is 13.0 Å². The van der Waals surface area contributed by atoms with E-state index < -0.39 is 11.8 Å². The van der Waals surface area contributed by atoms with Gasteiger partial charge in [-0.1, -0.05) is 19.8 Å². The number of carbonyl (C=O) groups excluding carboxylic acids is 2. The molecule has 0 aromatic carbocycles. The molecule has 1 atom stereocenters. The second kappa shape index (κ2) is 6.42. The van der Waals surface area contributed by atoms with Gasteiger partial charge in [0.05, 0.1) is 12.5 Å². The highest BCUT2D eigenvalue weighted by molar-refractivity contribution is 5.77. The number of hydrogen-bond donors (Lipinski definition) is 2. The summed E-state index contributed by atoms with van der Waals surface area (Å²) in [6.45, 7) is 1.98. The van der Waals surface area contributed by atoms with E-state index >= 15 is 0 Å². The van der Waals surface area contributed by atoms with Gasteiger partial charge in [0.25, 0.3) is 0 Å². The van der Waals surface area contributed by atoms with Crippen molar-refractivity contribution in [2.24, 2.45) is 11.7 Å². The molecule has 0 radical (unpaired) electrons. The first-order valence-corrected chi connectivity index (χ1v) is 4.32. The van der Waals surface area contributed by atoms with E-state index in [1.807, 2.05) is 6.92 Å². The van der Waals surface area contributed by atoms with Gasteiger partial charge in [0.15, 0.2) is 0 Å². The van der Waals surface area contributed by atoms with Gasteiger partial charge in [-0.2, -0.15) is 0 Å². The number of nitrogens with two attached hydrogens (primary N) is 1. The minimum Gasteiger partial charge on any atom is -0.369 e. The molecule has 0 bridgehead atoms. The number of unbranched alkanes of at least 4 members (excludes halogenated alkanes) is 1. The topological polar surface area (TPSA) is 83.6 Å². The van der Waals surface area contributed by atoms with E-state index in [4.69, 9.17) is 10.9 Å². The Morgan fingerprint density at radius 2 is 2.31 bits per heavy atom. The van der Waals surface area contributed by atoms with E-state index in [0.717, 1.165) is 12.8 Å². The third-order valence-electron chi connectivity index (χ3n) is 1.84. The van der Waals surface area contributed by atoms with E-state index in [9.17, 15) is 9.59 Å². The van der Waals surface area contributed by atoms with Gasteiger partial charge in [0.1, 0.15) is 0 Å². The average Bonchev–Trinajstić information content (AvgIpc) is 2.11. The Kier molecular flexibility index (Phi) is 5.88. The molecule has 0 rings (SSSR count). The van der Waals surface area contributed by atoms with Gasteiger partial charge in [-0.15, -0.1) is 0 Å². The number of rotatable bonds is 7. The highest BCUT2D eigenvalue weighted by Gasteiger charge is 2.16. The first-order chi connectivity index (χ1) is 6.11. The van der Waals surface area contributed by atoms with Crippen LogP contribution in [0.15, 0.2) is 0 Å². The van der Waals surface area contributed by atoms with Crippen molar-refractivity contribution in [2.45, 2.75) is 26.2 Å². The van der Waals surface area contributed by atoms with Crippen LogP contribution in [-0.4, -0.2) is 29.1 Å². The molecule has 0 saturated heterocycles. The van der Waals surface area contributed by atoms with Crippen molar-refractivity contribution in [1.82, 2.24) is 5.06 Å². The average molecular weight is 188 g/mol. The van der Waals surface area contributed by atoms with Crippen molar-refractivity contribution in [3.05, 3.63) is 0 Å². The first-order valence-electron chi connectivity index (χ1n) is 4.32. The molecule has 0 aliphatic rings. The molecule has 1 unspecified atom stereocenters. The minimum absolute atomic E-state index is 0.0150. The van der Waals surface area contributed by atoms with Crippen molar-refractivity contribution in [3.8, 4) is 0 Å². The molecule has 0 spiro atoms. The van der Waals surface area contributed by atoms with E-state index in [1.54, 1.807) is 0 Å². The van der Waals surface area contributed by atoms with Crippen LogP contribution >= 0.6 is 0 Å². The van der Waals surface area contributed by atoms with Gasteiger partial charge < -0.3 is 5.73 Å². The summed E-state index contributed by atoms with van der Waals surface area (Å²) in [4.78, 5) is 20.9. The lowest BCUT2D eigenvalue weighted by Crippen LogP contribution is -2.34. The summed E-state index contributed by atoms with van der Waals surface area (Å²) in [7, 11) is 0. The van der Waals surface area contributed by atoms with Crippen LogP contribution in [0.2, 0.25) is 0 Å². The van der Waals surface area contributed by atoms with Crippen molar-refractivity contribution in [3.63, 3.8) is 0 Å². The molecule has 0 heterocycles. The molecular weight excluding hydrogens is 172 g/mol. The number of primary amides is 1. The van der Waals surface area contributed by atoms with Crippen LogP contribution in [0.25, 0.3) is 0 Å². The Balaban J connectivity index is 3.94. The molecule has 13 heavy (non-hydrogen) atoms. The zero-order valence-electron chi connectivity index (χ0n) is 7.77. The summed E-state index contributed by atoms with van der Waals surface area (Å²) in [6, 6.07) is 0. The van der Waals surface area contributed by atoms with Gasteiger partial charge >= 0.3 is 0 Å². The van der Waals surface area contributed by atoms with Crippen molar-refractivity contribution in [1.29, 1.82) is 0 Å². The Morgan fingerprint density at radius 3 is 2.69 bits per heavy atom. The number of hydroxylamine groups is 2. The lowest BCUT2D eigenvalue weighted by Gasteiger charge is -2.16. The molecule has 2 amide bonds. The van der Waals surface area contributed by atoms with Crippen LogP contribution in [0, 0.1) is 5.92 Å². The lowest BCUT2D eigenvalue weighted by atomic mass is 10.0. The maximum absolute atomic E-state index is 10.8. The Morgan fingerprint density at radius 1 is 1.69 bits per heavy atom. The standard InChI is InChI=1S/C8H16N2O3/c1-2-3-4-7(8(9)12)5-10(13)6-11/h6-7,13H,2-5H2,1H3,(H2,9,12). The second-order valence-corrected chi connectivity index (χ2v) is 2.97. The van der Waals surface area contributed by atoms with Crippen molar-refractivity contribution in [2.75, 3.05) is 6.54 Å². The molecule has 3 N–H and O–H groups in total. The van der Waals surface area contributed by atoms with Crippen LogP contribution in [0.5, 0.6) is 0 Å². The highest BCUT2D eigenvalue weighted by atomic mass is 16.5. The number of hydrogen-bond acceptors (Lipinski definition) is 3. The van der Waals surface area contributed by atoms with Crippen LogP contribution < -0.4 is 5.73 Å². The van der Waals surface area contributed by atoms with E-state index in [1.165, 1.54) is 0 Å². The fourth-order valence-corrected chi connectivity index (χ4v) is 1.04. The van der Waals surface area contributed by atoms with Gasteiger partial charge in [0, 0.05) is 0 Å². The van der Waals surface area contributed by atoms with Crippen molar-refractivity contribution >= 4 is 12.3 Å². The zero-order chi connectivity index (χ0) is 10.3. The summed E-state index contributed by atoms with van der Waals surface area (Å²) in [6.07, 6.45) is 2.69.